The van der Waals surface area contributed by atoms with Crippen LogP contribution in [0.4, 0.5) is 10.1 Å². The molecular formula is C23H19FN6O4S2. The van der Waals surface area contributed by atoms with Crippen LogP contribution < -0.4 is 4.72 Å². The van der Waals surface area contributed by atoms with E-state index in [2.05, 4.69) is 19.3 Å². The van der Waals surface area contributed by atoms with Gasteiger partial charge in [-0.15, -0.1) is 5.10 Å². The third-order valence-corrected chi connectivity index (χ3v) is 7.68. The SMILES string of the molecule is O=C(c1ccc(NS(=O)(=O)c2cccc3cccnc23)c(F)c1)N1CCN(C(=O)c2csnn2)CC1. The summed E-state index contributed by atoms with van der Waals surface area (Å²) in [6.45, 7) is 1.15. The molecule has 4 aromatic rings. The van der Waals surface area contributed by atoms with Crippen LogP contribution in [0.2, 0.25) is 0 Å². The zero-order chi connectivity index (χ0) is 25.3. The summed E-state index contributed by atoms with van der Waals surface area (Å²) in [5.41, 5.74) is 0.320. The molecule has 1 N–H and O–H groups in total. The van der Waals surface area contributed by atoms with Gasteiger partial charge in [0.05, 0.1) is 11.2 Å². The van der Waals surface area contributed by atoms with Crippen molar-refractivity contribution in [2.45, 2.75) is 4.90 Å². The number of halogens is 1. The van der Waals surface area contributed by atoms with Gasteiger partial charge in [0, 0.05) is 48.7 Å². The van der Waals surface area contributed by atoms with E-state index < -0.39 is 21.7 Å². The summed E-state index contributed by atoms with van der Waals surface area (Å²) in [5, 5.41) is 5.97. The molecular weight excluding hydrogens is 507 g/mol. The van der Waals surface area contributed by atoms with Crippen molar-refractivity contribution in [3.8, 4) is 0 Å². The van der Waals surface area contributed by atoms with Crippen molar-refractivity contribution in [1.82, 2.24) is 24.4 Å². The van der Waals surface area contributed by atoms with Crippen LogP contribution in [-0.4, -0.2) is 70.8 Å². The quantitative estimate of drug-likeness (QED) is 0.424. The average Bonchev–Trinajstić information content (AvgIpc) is 3.44. The van der Waals surface area contributed by atoms with Crippen molar-refractivity contribution in [3.63, 3.8) is 0 Å². The van der Waals surface area contributed by atoms with Crippen molar-refractivity contribution < 1.29 is 22.4 Å². The summed E-state index contributed by atoms with van der Waals surface area (Å²) in [6.07, 6.45) is 1.48. The Bertz CT molecular complexity index is 1550. The maximum absolute atomic E-state index is 14.9. The molecule has 0 atom stereocenters. The second kappa shape index (κ2) is 9.59. The molecule has 2 amide bonds. The first-order valence-corrected chi connectivity index (χ1v) is 13.2. The first-order valence-electron chi connectivity index (χ1n) is 10.9. The van der Waals surface area contributed by atoms with Crippen LogP contribution in [0.3, 0.4) is 0 Å². The highest BCUT2D eigenvalue weighted by Crippen LogP contribution is 2.25. The van der Waals surface area contributed by atoms with Gasteiger partial charge in [-0.1, -0.05) is 22.7 Å². The molecule has 13 heteroatoms. The van der Waals surface area contributed by atoms with Crippen molar-refractivity contribution in [1.29, 1.82) is 0 Å². The van der Waals surface area contributed by atoms with Crippen molar-refractivity contribution in [2.24, 2.45) is 0 Å². The van der Waals surface area contributed by atoms with Gasteiger partial charge in [-0.2, -0.15) is 0 Å². The molecule has 0 bridgehead atoms. The fourth-order valence-corrected chi connectivity index (χ4v) is 5.62. The number of anilines is 1. The number of nitrogens with zero attached hydrogens (tertiary/aromatic N) is 5. The molecule has 1 aliphatic rings. The monoisotopic (exact) mass is 526 g/mol. The number of aromatic nitrogens is 3. The third kappa shape index (κ3) is 4.62. The molecule has 1 aliphatic heterocycles. The molecule has 1 saturated heterocycles. The van der Waals surface area contributed by atoms with Crippen molar-refractivity contribution in [3.05, 3.63) is 77.2 Å². The molecule has 0 radical (unpaired) electrons. The number of benzene rings is 2. The highest BCUT2D eigenvalue weighted by Gasteiger charge is 2.27. The molecule has 2 aromatic carbocycles. The van der Waals surface area contributed by atoms with Gasteiger partial charge in [-0.25, -0.2) is 12.8 Å². The van der Waals surface area contributed by atoms with Crippen LogP contribution in [0.15, 0.2) is 65.0 Å². The molecule has 184 valence electrons. The van der Waals surface area contributed by atoms with Gasteiger partial charge in [-0.05, 0) is 41.9 Å². The van der Waals surface area contributed by atoms with Gasteiger partial charge in [-0.3, -0.25) is 19.3 Å². The summed E-state index contributed by atoms with van der Waals surface area (Å²) in [6, 6.07) is 11.7. The fraction of sp³-hybridized carbons (Fsp3) is 0.174. The molecule has 0 saturated carbocycles. The Balaban J connectivity index is 1.28. The van der Waals surface area contributed by atoms with Gasteiger partial charge in [0.25, 0.3) is 21.8 Å². The predicted molar refractivity (Wildman–Crippen MR) is 131 cm³/mol. The number of hydrogen-bond donors (Lipinski definition) is 1. The first kappa shape index (κ1) is 23.8. The zero-order valence-electron chi connectivity index (χ0n) is 18.7. The number of hydrogen-bond acceptors (Lipinski definition) is 8. The van der Waals surface area contributed by atoms with E-state index in [0.717, 1.165) is 17.6 Å². The number of pyridine rings is 1. The van der Waals surface area contributed by atoms with Crippen LogP contribution in [0.25, 0.3) is 10.9 Å². The Hall–Kier alpha value is -3.97. The number of amides is 2. The summed E-state index contributed by atoms with van der Waals surface area (Å²) in [7, 11) is -4.14. The highest BCUT2D eigenvalue weighted by molar-refractivity contribution is 7.93. The van der Waals surface area contributed by atoms with E-state index in [0.29, 0.717) is 18.5 Å². The maximum atomic E-state index is 14.9. The molecule has 10 nitrogen and oxygen atoms in total. The minimum Gasteiger partial charge on any atom is -0.335 e. The second-order valence-corrected chi connectivity index (χ2v) is 10.3. The van der Waals surface area contributed by atoms with Crippen LogP contribution in [-0.2, 0) is 10.0 Å². The number of piperazine rings is 1. The summed E-state index contributed by atoms with van der Waals surface area (Å²) in [4.78, 5) is 32.5. The smallest absolute Gasteiger partial charge is 0.275 e. The fourth-order valence-electron chi connectivity index (χ4n) is 3.94. The summed E-state index contributed by atoms with van der Waals surface area (Å²) >= 11 is 1.08. The van der Waals surface area contributed by atoms with E-state index in [-0.39, 0.29) is 46.4 Å². The van der Waals surface area contributed by atoms with Gasteiger partial charge in [0.1, 0.15) is 10.7 Å². The number of carbonyl (C=O) groups is 2. The van der Waals surface area contributed by atoms with Gasteiger partial charge in [0.15, 0.2) is 5.69 Å². The molecule has 0 unspecified atom stereocenters. The molecule has 2 aromatic heterocycles. The molecule has 5 rings (SSSR count). The Kier molecular flexibility index (Phi) is 6.33. The van der Waals surface area contributed by atoms with Crippen LogP contribution in [0, 0.1) is 5.82 Å². The lowest BCUT2D eigenvalue weighted by Crippen LogP contribution is -2.50. The number of rotatable bonds is 5. The van der Waals surface area contributed by atoms with Crippen LogP contribution in [0.1, 0.15) is 20.8 Å². The molecule has 1 fully saturated rings. The summed E-state index contributed by atoms with van der Waals surface area (Å²) in [5.74, 6) is -1.55. The largest absolute Gasteiger partial charge is 0.335 e. The van der Waals surface area contributed by atoms with Crippen molar-refractivity contribution >= 4 is 50.0 Å². The molecule has 0 aliphatic carbocycles. The Labute approximate surface area is 209 Å². The predicted octanol–water partition coefficient (Wildman–Crippen LogP) is 2.62. The second-order valence-electron chi connectivity index (χ2n) is 8.01. The van der Waals surface area contributed by atoms with Crippen molar-refractivity contribution in [2.75, 3.05) is 30.9 Å². The average molecular weight is 527 g/mol. The van der Waals surface area contributed by atoms with Crippen LogP contribution in [0.5, 0.6) is 0 Å². The Morgan fingerprint density at radius 1 is 0.972 bits per heavy atom. The van der Waals surface area contributed by atoms with Crippen LogP contribution >= 0.6 is 11.5 Å². The van der Waals surface area contributed by atoms with Gasteiger partial charge >= 0.3 is 0 Å². The number of para-hydroxylation sites is 1. The van der Waals surface area contributed by atoms with E-state index in [1.54, 1.807) is 34.5 Å². The maximum Gasteiger partial charge on any atom is 0.275 e. The van der Waals surface area contributed by atoms with E-state index >= 15 is 0 Å². The lowest BCUT2D eigenvalue weighted by atomic mass is 10.1. The normalized spacial score (nSPS) is 14.1. The minimum absolute atomic E-state index is 0.0748. The molecule has 0 spiro atoms. The standard InChI is InChI=1S/C23H19FN6O4S2/c24-17-13-16(22(31)29-9-11-30(12-10-29)23(32)19-14-35-28-26-19)6-7-18(17)27-36(33,34)20-5-1-3-15-4-2-8-25-21(15)20/h1-8,13-14,27H,9-12H2. The molecule has 3 heterocycles. The molecule has 36 heavy (non-hydrogen) atoms. The highest BCUT2D eigenvalue weighted by atomic mass is 32.2. The lowest BCUT2D eigenvalue weighted by molar-refractivity contribution is 0.0532. The van der Waals surface area contributed by atoms with Gasteiger partial charge in [0.2, 0.25) is 0 Å². The number of nitrogens with one attached hydrogen (secondary N) is 1. The number of carbonyl (C=O) groups excluding carboxylic acids is 2. The number of fused-ring (bicyclic) bond motifs is 1. The third-order valence-electron chi connectivity index (χ3n) is 5.78. The zero-order valence-corrected chi connectivity index (χ0v) is 20.3. The van der Waals surface area contributed by atoms with E-state index in [1.807, 2.05) is 0 Å². The Morgan fingerprint density at radius 3 is 2.39 bits per heavy atom. The first-order chi connectivity index (χ1) is 17.3. The van der Waals surface area contributed by atoms with E-state index in [4.69, 9.17) is 0 Å². The lowest BCUT2D eigenvalue weighted by Gasteiger charge is -2.34. The minimum atomic E-state index is -4.14. The van der Waals surface area contributed by atoms with E-state index in [1.165, 1.54) is 29.3 Å². The van der Waals surface area contributed by atoms with Gasteiger partial charge < -0.3 is 9.80 Å². The topological polar surface area (TPSA) is 125 Å². The van der Waals surface area contributed by atoms with E-state index in [9.17, 15) is 22.4 Å². The Morgan fingerprint density at radius 2 is 1.69 bits per heavy atom. The number of sulfonamides is 1. The summed E-state index contributed by atoms with van der Waals surface area (Å²) < 4.78 is 46.8.